The van der Waals surface area contributed by atoms with Gasteiger partial charge in [-0.3, -0.25) is 4.79 Å². The van der Waals surface area contributed by atoms with Gasteiger partial charge in [0.2, 0.25) is 5.91 Å². The molecule has 0 saturated carbocycles. The number of hydrogen-bond donors (Lipinski definition) is 1. The van der Waals surface area contributed by atoms with Crippen molar-refractivity contribution >= 4 is 5.91 Å². The minimum atomic E-state index is 0.0981. The number of rotatable bonds is 7. The summed E-state index contributed by atoms with van der Waals surface area (Å²) < 4.78 is 5.47. The zero-order valence-electron chi connectivity index (χ0n) is 18.3. The Balaban J connectivity index is 1.51. The number of allylic oxidation sites excluding steroid dienone is 2. The Morgan fingerprint density at radius 3 is 2.71 bits per heavy atom. The summed E-state index contributed by atoms with van der Waals surface area (Å²) in [6.07, 6.45) is 8.83. The number of nitrogens with one attached hydrogen (secondary N) is 1. The van der Waals surface area contributed by atoms with E-state index in [-0.39, 0.29) is 11.8 Å². The quantitative estimate of drug-likeness (QED) is 0.535. The van der Waals surface area contributed by atoms with Crippen LogP contribution in [0.4, 0.5) is 0 Å². The summed E-state index contributed by atoms with van der Waals surface area (Å²) in [5, 5.41) is 7.03. The van der Waals surface area contributed by atoms with Crippen LogP contribution in [-0.2, 0) is 11.3 Å². The van der Waals surface area contributed by atoms with E-state index in [9.17, 15) is 4.79 Å². The smallest absolute Gasteiger partial charge is 0.220 e. The van der Waals surface area contributed by atoms with Crippen LogP contribution < -0.4 is 5.32 Å². The number of amides is 1. The topological polar surface area (TPSA) is 80.9 Å². The number of benzene rings is 1. The van der Waals surface area contributed by atoms with E-state index in [1.54, 1.807) is 0 Å². The maximum absolute atomic E-state index is 12.2. The van der Waals surface area contributed by atoms with Gasteiger partial charge in [-0.15, -0.1) is 0 Å². The molecule has 31 heavy (non-hydrogen) atoms. The summed E-state index contributed by atoms with van der Waals surface area (Å²) in [5.41, 5.74) is 4.47. The average molecular weight is 417 g/mol. The van der Waals surface area contributed by atoms with E-state index in [0.717, 1.165) is 46.7 Å². The summed E-state index contributed by atoms with van der Waals surface area (Å²) in [4.78, 5) is 21.5. The average Bonchev–Trinajstić information content (AvgIpc) is 3.44. The zero-order valence-corrected chi connectivity index (χ0v) is 18.3. The zero-order chi connectivity index (χ0) is 21.8. The van der Waals surface area contributed by atoms with Gasteiger partial charge >= 0.3 is 0 Å². The summed E-state index contributed by atoms with van der Waals surface area (Å²) in [6, 6.07) is 10.00. The van der Waals surface area contributed by atoms with Crippen LogP contribution in [0.2, 0.25) is 0 Å². The molecule has 2 aromatic heterocycles. The van der Waals surface area contributed by atoms with Crippen molar-refractivity contribution in [3.8, 4) is 22.6 Å². The third-order valence-corrected chi connectivity index (χ3v) is 5.49. The molecule has 0 unspecified atom stereocenters. The summed E-state index contributed by atoms with van der Waals surface area (Å²) >= 11 is 0. The van der Waals surface area contributed by atoms with Crippen molar-refractivity contribution in [3.63, 3.8) is 0 Å². The Morgan fingerprint density at radius 1 is 1.26 bits per heavy atom. The minimum absolute atomic E-state index is 0.0981. The van der Waals surface area contributed by atoms with Gasteiger partial charge in [-0.1, -0.05) is 55.4 Å². The normalized spacial score (nSPS) is 15.5. The molecule has 0 saturated heterocycles. The highest BCUT2D eigenvalue weighted by Gasteiger charge is 2.17. The van der Waals surface area contributed by atoms with Crippen molar-refractivity contribution < 1.29 is 9.32 Å². The minimum Gasteiger partial charge on any atom is -0.356 e. The van der Waals surface area contributed by atoms with E-state index in [1.165, 1.54) is 0 Å². The molecule has 160 valence electrons. The van der Waals surface area contributed by atoms with Gasteiger partial charge in [0.05, 0.1) is 17.0 Å². The van der Waals surface area contributed by atoms with Crippen LogP contribution in [0.15, 0.2) is 53.2 Å². The van der Waals surface area contributed by atoms with E-state index in [0.29, 0.717) is 24.6 Å². The van der Waals surface area contributed by atoms with Crippen LogP contribution in [-0.4, -0.2) is 21.0 Å². The number of carbonyl (C=O) groups is 1. The molecule has 1 aliphatic carbocycles. The molecule has 2 heterocycles. The van der Waals surface area contributed by atoms with Gasteiger partial charge in [0.15, 0.2) is 5.76 Å². The van der Waals surface area contributed by atoms with E-state index in [2.05, 4.69) is 41.5 Å². The molecule has 1 amide bonds. The molecule has 0 aliphatic heterocycles. The molecule has 0 spiro atoms. The van der Waals surface area contributed by atoms with E-state index >= 15 is 0 Å². The van der Waals surface area contributed by atoms with Crippen molar-refractivity contribution in [2.45, 2.75) is 52.5 Å². The SMILES string of the molecule is Cc1cc(-c2cnc(C(C)C)nc2-c2ccc(CNC(=O)C[C@@H]3C=CCC3)cc2)on1. The summed E-state index contributed by atoms with van der Waals surface area (Å²) in [7, 11) is 0. The predicted octanol–water partition coefficient (Wildman–Crippen LogP) is 5.20. The number of aromatic nitrogens is 3. The Kier molecular flexibility index (Phi) is 6.26. The lowest BCUT2D eigenvalue weighted by Crippen LogP contribution is -2.24. The first kappa shape index (κ1) is 21.0. The molecule has 6 heteroatoms. The second kappa shape index (κ2) is 9.25. The summed E-state index contributed by atoms with van der Waals surface area (Å²) in [6.45, 7) is 6.56. The Hall–Kier alpha value is -3.28. The molecule has 0 fully saturated rings. The maximum Gasteiger partial charge on any atom is 0.220 e. The fraction of sp³-hybridized carbons (Fsp3) is 0.360. The number of aryl methyl sites for hydroxylation is 1. The highest BCUT2D eigenvalue weighted by Crippen LogP contribution is 2.31. The van der Waals surface area contributed by atoms with Gasteiger partial charge in [-0.2, -0.15) is 0 Å². The van der Waals surface area contributed by atoms with Crippen molar-refractivity contribution in [1.29, 1.82) is 0 Å². The third-order valence-electron chi connectivity index (χ3n) is 5.49. The second-order valence-electron chi connectivity index (χ2n) is 8.42. The molecular formula is C25H28N4O2. The van der Waals surface area contributed by atoms with Crippen LogP contribution in [0, 0.1) is 12.8 Å². The molecule has 3 aromatic rings. The molecule has 1 aromatic carbocycles. The number of hydrogen-bond acceptors (Lipinski definition) is 5. The lowest BCUT2D eigenvalue weighted by Gasteiger charge is -2.12. The molecular weight excluding hydrogens is 388 g/mol. The van der Waals surface area contributed by atoms with E-state index in [1.807, 2.05) is 43.5 Å². The Morgan fingerprint density at radius 2 is 2.06 bits per heavy atom. The van der Waals surface area contributed by atoms with Crippen molar-refractivity contribution in [2.75, 3.05) is 0 Å². The van der Waals surface area contributed by atoms with Crippen molar-refractivity contribution in [2.24, 2.45) is 5.92 Å². The van der Waals surface area contributed by atoms with Crippen LogP contribution >= 0.6 is 0 Å². The first-order valence-corrected chi connectivity index (χ1v) is 10.8. The molecule has 6 nitrogen and oxygen atoms in total. The van der Waals surface area contributed by atoms with Crippen molar-refractivity contribution in [3.05, 3.63) is 65.8 Å². The fourth-order valence-electron chi connectivity index (χ4n) is 3.72. The molecule has 1 N–H and O–H groups in total. The standard InChI is InChI=1S/C25H28N4O2/c1-16(2)25-27-15-21(22-12-17(3)29-31-22)24(28-25)20-10-8-19(9-11-20)14-26-23(30)13-18-6-4-5-7-18/h4,6,8-12,15-16,18H,5,7,13-14H2,1-3H3,(H,26,30)/t18-/m1/s1. The number of carbonyl (C=O) groups excluding carboxylic acids is 1. The highest BCUT2D eigenvalue weighted by molar-refractivity contribution is 5.78. The largest absolute Gasteiger partial charge is 0.356 e. The third kappa shape index (κ3) is 5.08. The molecule has 4 rings (SSSR count). The molecule has 0 bridgehead atoms. The highest BCUT2D eigenvalue weighted by atomic mass is 16.5. The Bertz CT molecular complexity index is 1080. The van der Waals surface area contributed by atoms with Crippen molar-refractivity contribution in [1.82, 2.24) is 20.4 Å². The lowest BCUT2D eigenvalue weighted by molar-refractivity contribution is -0.121. The predicted molar refractivity (Wildman–Crippen MR) is 120 cm³/mol. The Labute approximate surface area is 182 Å². The second-order valence-corrected chi connectivity index (χ2v) is 8.42. The maximum atomic E-state index is 12.2. The van der Waals surface area contributed by atoms with E-state index in [4.69, 9.17) is 9.51 Å². The van der Waals surface area contributed by atoms with Gasteiger partial charge < -0.3 is 9.84 Å². The first-order chi connectivity index (χ1) is 15.0. The van der Waals surface area contributed by atoms with Crippen LogP contribution in [0.25, 0.3) is 22.6 Å². The van der Waals surface area contributed by atoms with Gasteiger partial charge in [0.25, 0.3) is 0 Å². The molecule has 0 radical (unpaired) electrons. The van der Waals surface area contributed by atoms with Gasteiger partial charge in [-0.05, 0) is 31.2 Å². The first-order valence-electron chi connectivity index (χ1n) is 10.8. The fourth-order valence-corrected chi connectivity index (χ4v) is 3.72. The lowest BCUT2D eigenvalue weighted by atomic mass is 10.0. The van der Waals surface area contributed by atoms with Crippen LogP contribution in [0.3, 0.4) is 0 Å². The number of nitrogens with zero attached hydrogens (tertiary/aromatic N) is 3. The molecule has 1 aliphatic rings. The van der Waals surface area contributed by atoms with Crippen LogP contribution in [0.1, 0.15) is 56.1 Å². The molecule has 1 atom stereocenters. The summed E-state index contributed by atoms with van der Waals surface area (Å²) in [5.74, 6) is 2.13. The monoisotopic (exact) mass is 416 g/mol. The van der Waals surface area contributed by atoms with Gasteiger partial charge in [-0.25, -0.2) is 9.97 Å². The van der Waals surface area contributed by atoms with Gasteiger partial charge in [0, 0.05) is 36.7 Å². The van der Waals surface area contributed by atoms with Crippen LogP contribution in [0.5, 0.6) is 0 Å². The van der Waals surface area contributed by atoms with Gasteiger partial charge in [0.1, 0.15) is 5.82 Å². The van der Waals surface area contributed by atoms with E-state index < -0.39 is 0 Å².